The van der Waals surface area contributed by atoms with Crippen LogP contribution in [0.25, 0.3) is 0 Å². The van der Waals surface area contributed by atoms with Gasteiger partial charge in [-0.3, -0.25) is 4.79 Å². The number of carbonyl (C=O) groups excluding carboxylic acids is 1. The molecule has 0 spiro atoms. The molecule has 0 saturated carbocycles. The molecule has 0 aromatic heterocycles. The summed E-state index contributed by atoms with van der Waals surface area (Å²) in [7, 11) is 1.30. The van der Waals surface area contributed by atoms with Crippen molar-refractivity contribution in [1.82, 2.24) is 0 Å². The van der Waals surface area contributed by atoms with Gasteiger partial charge >= 0.3 is 12.1 Å². The molecule has 1 aromatic carbocycles. The molecule has 22 heavy (non-hydrogen) atoms. The molecule has 0 aliphatic carbocycles. The van der Waals surface area contributed by atoms with E-state index in [1.165, 1.54) is 19.2 Å². The second-order valence-corrected chi connectivity index (χ2v) is 6.32. The fourth-order valence-corrected chi connectivity index (χ4v) is 2.05. The van der Waals surface area contributed by atoms with E-state index in [2.05, 4.69) is 0 Å². The van der Waals surface area contributed by atoms with E-state index in [0.717, 1.165) is 12.1 Å². The van der Waals surface area contributed by atoms with E-state index in [4.69, 9.17) is 9.47 Å². The number of ether oxygens (including phenoxy) is 2. The van der Waals surface area contributed by atoms with Gasteiger partial charge in [-0.2, -0.15) is 13.2 Å². The summed E-state index contributed by atoms with van der Waals surface area (Å²) in [6, 6.07) is 4.39. The monoisotopic (exact) mass is 318 g/mol. The Morgan fingerprint density at radius 1 is 1.14 bits per heavy atom. The first-order chi connectivity index (χ1) is 10.0. The second kappa shape index (κ2) is 7.03. The molecule has 0 aliphatic rings. The van der Waals surface area contributed by atoms with Gasteiger partial charge in [0.05, 0.1) is 18.6 Å². The van der Waals surface area contributed by atoms with E-state index in [0.29, 0.717) is 6.42 Å². The normalized spacial score (nSPS) is 13.6. The number of benzene rings is 1. The minimum absolute atomic E-state index is 0.0648. The van der Waals surface area contributed by atoms with Crippen LogP contribution < -0.4 is 4.74 Å². The number of alkyl halides is 3. The Morgan fingerprint density at radius 2 is 1.68 bits per heavy atom. The maximum Gasteiger partial charge on any atom is 0.416 e. The van der Waals surface area contributed by atoms with Gasteiger partial charge in [0.15, 0.2) is 0 Å². The summed E-state index contributed by atoms with van der Waals surface area (Å²) in [6.45, 7) is 6.03. The average Bonchev–Trinajstić information content (AvgIpc) is 2.41. The Labute approximate surface area is 128 Å². The highest BCUT2D eigenvalue weighted by Gasteiger charge is 2.30. The summed E-state index contributed by atoms with van der Waals surface area (Å²) in [5.74, 6) is -0.565. The SMILES string of the molecule is COC(=O)C(COc1ccc(C(F)(F)F)cc1)CC(C)(C)C. The third-order valence-electron chi connectivity index (χ3n) is 3.03. The van der Waals surface area contributed by atoms with E-state index in [-0.39, 0.29) is 23.7 Å². The standard InChI is InChI=1S/C16H21F3O3/c1-15(2,3)9-11(14(20)21-4)10-22-13-7-5-12(6-8-13)16(17,18)19/h5-8,11H,9-10H2,1-4H3. The average molecular weight is 318 g/mol. The summed E-state index contributed by atoms with van der Waals surface area (Å²) < 4.78 is 47.6. The molecule has 0 aliphatic heterocycles. The van der Waals surface area contributed by atoms with Gasteiger partial charge in [0.25, 0.3) is 0 Å². The minimum atomic E-state index is -4.38. The van der Waals surface area contributed by atoms with Crippen LogP contribution in [0.4, 0.5) is 13.2 Å². The first kappa shape index (κ1) is 18.3. The summed E-state index contributed by atoms with van der Waals surface area (Å²) >= 11 is 0. The smallest absolute Gasteiger partial charge is 0.416 e. The van der Waals surface area contributed by atoms with E-state index in [1.54, 1.807) is 0 Å². The van der Waals surface area contributed by atoms with E-state index < -0.39 is 17.7 Å². The molecule has 0 fully saturated rings. The first-order valence-electron chi connectivity index (χ1n) is 6.91. The molecule has 3 nitrogen and oxygen atoms in total. The lowest BCUT2D eigenvalue weighted by Crippen LogP contribution is -2.27. The van der Waals surface area contributed by atoms with Crippen molar-refractivity contribution < 1.29 is 27.4 Å². The lowest BCUT2D eigenvalue weighted by molar-refractivity contribution is -0.147. The molecule has 1 atom stereocenters. The van der Waals surface area contributed by atoms with Gasteiger partial charge in [0.2, 0.25) is 0 Å². The summed E-state index contributed by atoms with van der Waals surface area (Å²) in [5, 5.41) is 0. The maximum atomic E-state index is 12.5. The van der Waals surface area contributed by atoms with Gasteiger partial charge in [-0.25, -0.2) is 0 Å². The number of carbonyl (C=O) groups is 1. The van der Waals surface area contributed by atoms with Gasteiger partial charge in [-0.15, -0.1) is 0 Å². The number of methoxy groups -OCH3 is 1. The lowest BCUT2D eigenvalue weighted by atomic mass is 9.85. The maximum absolute atomic E-state index is 12.5. The van der Waals surface area contributed by atoms with Crippen LogP contribution in [-0.2, 0) is 15.7 Å². The van der Waals surface area contributed by atoms with Crippen LogP contribution in [0.3, 0.4) is 0 Å². The quantitative estimate of drug-likeness (QED) is 0.759. The Bertz CT molecular complexity index is 487. The largest absolute Gasteiger partial charge is 0.493 e. The Kier molecular flexibility index (Phi) is 5.85. The molecule has 6 heteroatoms. The zero-order chi connectivity index (χ0) is 17.0. The van der Waals surface area contributed by atoms with Crippen LogP contribution in [-0.4, -0.2) is 19.7 Å². The van der Waals surface area contributed by atoms with Crippen LogP contribution >= 0.6 is 0 Å². The van der Waals surface area contributed by atoms with Crippen molar-refractivity contribution in [3.05, 3.63) is 29.8 Å². The molecule has 124 valence electrons. The Balaban J connectivity index is 2.70. The van der Waals surface area contributed by atoms with Crippen LogP contribution in [0.15, 0.2) is 24.3 Å². The molecule has 0 amide bonds. The van der Waals surface area contributed by atoms with E-state index >= 15 is 0 Å². The molecule has 0 N–H and O–H groups in total. The van der Waals surface area contributed by atoms with Crippen molar-refractivity contribution in [3.63, 3.8) is 0 Å². The summed E-state index contributed by atoms with van der Waals surface area (Å²) in [5.41, 5.74) is -0.832. The fourth-order valence-electron chi connectivity index (χ4n) is 2.05. The van der Waals surface area contributed by atoms with Gasteiger partial charge in [0.1, 0.15) is 12.4 Å². The van der Waals surface area contributed by atoms with Crippen molar-refractivity contribution in [2.45, 2.75) is 33.4 Å². The van der Waals surface area contributed by atoms with Crippen LogP contribution in [0.2, 0.25) is 0 Å². The van der Waals surface area contributed by atoms with Crippen molar-refractivity contribution in [2.75, 3.05) is 13.7 Å². The molecule has 0 radical (unpaired) electrons. The van der Waals surface area contributed by atoms with Crippen molar-refractivity contribution in [1.29, 1.82) is 0 Å². The molecule has 1 aromatic rings. The molecule has 1 unspecified atom stereocenters. The van der Waals surface area contributed by atoms with Gasteiger partial charge in [0, 0.05) is 0 Å². The number of hydrogen-bond donors (Lipinski definition) is 0. The zero-order valence-corrected chi connectivity index (χ0v) is 13.2. The lowest BCUT2D eigenvalue weighted by Gasteiger charge is -2.24. The topological polar surface area (TPSA) is 35.5 Å². The van der Waals surface area contributed by atoms with Crippen molar-refractivity contribution in [2.24, 2.45) is 11.3 Å². The Morgan fingerprint density at radius 3 is 2.09 bits per heavy atom. The highest BCUT2D eigenvalue weighted by molar-refractivity contribution is 5.72. The second-order valence-electron chi connectivity index (χ2n) is 6.32. The number of rotatable bonds is 5. The number of esters is 1. The molecule has 1 rings (SSSR count). The van der Waals surface area contributed by atoms with E-state index in [9.17, 15) is 18.0 Å². The molecule has 0 saturated heterocycles. The van der Waals surface area contributed by atoms with E-state index in [1.807, 2.05) is 20.8 Å². The fraction of sp³-hybridized carbons (Fsp3) is 0.562. The first-order valence-corrected chi connectivity index (χ1v) is 6.91. The predicted octanol–water partition coefficient (Wildman–Crippen LogP) is 4.31. The molecule has 0 bridgehead atoms. The highest BCUT2D eigenvalue weighted by atomic mass is 19.4. The van der Waals surface area contributed by atoms with Crippen molar-refractivity contribution in [3.8, 4) is 5.75 Å². The predicted molar refractivity (Wildman–Crippen MR) is 76.5 cm³/mol. The van der Waals surface area contributed by atoms with Gasteiger partial charge < -0.3 is 9.47 Å². The van der Waals surface area contributed by atoms with Crippen LogP contribution in [0, 0.1) is 11.3 Å². The summed E-state index contributed by atoms with van der Waals surface area (Å²) in [6.07, 6.45) is -3.82. The minimum Gasteiger partial charge on any atom is -0.493 e. The summed E-state index contributed by atoms with van der Waals surface area (Å²) in [4.78, 5) is 11.7. The molecular weight excluding hydrogens is 297 g/mol. The van der Waals surface area contributed by atoms with Crippen LogP contribution in [0.5, 0.6) is 5.75 Å². The zero-order valence-electron chi connectivity index (χ0n) is 13.2. The van der Waals surface area contributed by atoms with Crippen LogP contribution in [0.1, 0.15) is 32.8 Å². The third-order valence-corrected chi connectivity index (χ3v) is 3.03. The Hall–Kier alpha value is -1.72. The third kappa shape index (κ3) is 5.95. The molecular formula is C16H21F3O3. The van der Waals surface area contributed by atoms with Gasteiger partial charge in [-0.1, -0.05) is 20.8 Å². The molecule has 0 heterocycles. The highest BCUT2D eigenvalue weighted by Crippen LogP contribution is 2.31. The van der Waals surface area contributed by atoms with Gasteiger partial charge in [-0.05, 0) is 36.1 Å². The van der Waals surface area contributed by atoms with Crippen molar-refractivity contribution >= 4 is 5.97 Å². The number of halogens is 3. The number of hydrogen-bond acceptors (Lipinski definition) is 3.